The lowest BCUT2D eigenvalue weighted by Crippen LogP contribution is -2.14. The second-order valence-corrected chi connectivity index (χ2v) is 7.19. The molecule has 23 heavy (non-hydrogen) atoms. The monoisotopic (exact) mass is 320 g/mol. The van der Waals surface area contributed by atoms with Crippen molar-refractivity contribution in [3.8, 4) is 5.75 Å². The molecule has 130 valence electrons. The Morgan fingerprint density at radius 2 is 1.83 bits per heavy atom. The molecule has 1 aromatic carbocycles. The average molecular weight is 320 g/mol. The lowest BCUT2D eigenvalue weighted by molar-refractivity contribution is 0.0600. The predicted octanol–water partition coefficient (Wildman–Crippen LogP) is 5.48. The molecule has 0 aromatic heterocycles. The van der Waals surface area contributed by atoms with Crippen LogP contribution in [0.4, 0.5) is 0 Å². The average Bonchev–Trinajstić information content (AvgIpc) is 2.54. The number of hydrogen-bond donors (Lipinski definition) is 0. The summed E-state index contributed by atoms with van der Waals surface area (Å²) >= 11 is 0. The van der Waals surface area contributed by atoms with Crippen LogP contribution in [0.3, 0.4) is 0 Å². The molecular weight excluding hydrogens is 288 g/mol. The first-order valence-electron chi connectivity index (χ1n) is 8.69. The van der Waals surface area contributed by atoms with Crippen LogP contribution in [0.5, 0.6) is 5.75 Å². The maximum atomic E-state index is 11.3. The van der Waals surface area contributed by atoms with Crippen LogP contribution in [-0.2, 0) is 4.74 Å². The van der Waals surface area contributed by atoms with E-state index in [0.717, 1.165) is 24.7 Å². The summed E-state index contributed by atoms with van der Waals surface area (Å²) in [5.74, 6) is 1.25. The highest BCUT2D eigenvalue weighted by Gasteiger charge is 2.18. The molecule has 0 heterocycles. The number of esters is 1. The molecule has 0 saturated heterocycles. The molecule has 1 unspecified atom stereocenters. The van der Waals surface area contributed by atoms with Crippen molar-refractivity contribution in [2.45, 2.75) is 59.8 Å². The quantitative estimate of drug-likeness (QED) is 0.423. The zero-order valence-corrected chi connectivity index (χ0v) is 15.4. The molecule has 0 aliphatic carbocycles. The lowest BCUT2D eigenvalue weighted by atomic mass is 9.80. The van der Waals surface area contributed by atoms with Crippen LogP contribution in [0.1, 0.15) is 70.2 Å². The molecule has 3 heteroatoms. The van der Waals surface area contributed by atoms with E-state index in [0.29, 0.717) is 11.0 Å². The van der Waals surface area contributed by atoms with Crippen LogP contribution in [0.25, 0.3) is 0 Å². The molecule has 3 nitrogen and oxygen atoms in total. The Bertz CT molecular complexity index is 462. The van der Waals surface area contributed by atoms with E-state index < -0.39 is 0 Å². The minimum absolute atomic E-state index is 0.319. The highest BCUT2D eigenvalue weighted by atomic mass is 16.5. The normalized spacial score (nSPS) is 12.7. The SMILES string of the molecule is CCC(C)(C)CC(C)CCCCOc1ccc(C(=O)OC)cc1. The van der Waals surface area contributed by atoms with E-state index in [-0.39, 0.29) is 5.97 Å². The van der Waals surface area contributed by atoms with Crippen molar-refractivity contribution in [3.63, 3.8) is 0 Å². The molecule has 0 bridgehead atoms. The van der Waals surface area contributed by atoms with E-state index >= 15 is 0 Å². The van der Waals surface area contributed by atoms with Gasteiger partial charge in [-0.05, 0) is 54.9 Å². The summed E-state index contributed by atoms with van der Waals surface area (Å²) in [6, 6.07) is 7.10. The van der Waals surface area contributed by atoms with Crippen molar-refractivity contribution in [1.82, 2.24) is 0 Å². The van der Waals surface area contributed by atoms with E-state index in [1.165, 1.54) is 32.8 Å². The summed E-state index contributed by atoms with van der Waals surface area (Å²) < 4.78 is 10.4. The molecule has 1 rings (SSSR count). The summed E-state index contributed by atoms with van der Waals surface area (Å²) in [6.07, 6.45) is 6.05. The third kappa shape index (κ3) is 7.54. The van der Waals surface area contributed by atoms with Gasteiger partial charge in [-0.3, -0.25) is 0 Å². The minimum Gasteiger partial charge on any atom is -0.494 e. The second kappa shape index (κ2) is 9.59. The Kier molecular flexibility index (Phi) is 8.15. The number of carbonyl (C=O) groups is 1. The Labute approximate surface area is 141 Å². The van der Waals surface area contributed by atoms with Gasteiger partial charge in [0.2, 0.25) is 0 Å². The molecular formula is C20H32O3. The number of carbonyl (C=O) groups excluding carboxylic acids is 1. The fourth-order valence-electron chi connectivity index (χ4n) is 2.78. The van der Waals surface area contributed by atoms with Gasteiger partial charge in [0.25, 0.3) is 0 Å². The smallest absolute Gasteiger partial charge is 0.337 e. The van der Waals surface area contributed by atoms with Gasteiger partial charge in [-0.15, -0.1) is 0 Å². The first kappa shape index (κ1) is 19.5. The molecule has 0 fully saturated rings. The van der Waals surface area contributed by atoms with Gasteiger partial charge in [-0.2, -0.15) is 0 Å². The number of ether oxygens (including phenoxy) is 2. The number of rotatable bonds is 10. The van der Waals surface area contributed by atoms with E-state index in [1.807, 2.05) is 12.1 Å². The van der Waals surface area contributed by atoms with E-state index in [9.17, 15) is 4.79 Å². The largest absolute Gasteiger partial charge is 0.494 e. The maximum absolute atomic E-state index is 11.3. The Hall–Kier alpha value is -1.51. The summed E-state index contributed by atoms with van der Waals surface area (Å²) in [5.41, 5.74) is 1.00. The second-order valence-electron chi connectivity index (χ2n) is 7.19. The molecule has 0 N–H and O–H groups in total. The molecule has 1 aromatic rings. The van der Waals surface area contributed by atoms with Crippen molar-refractivity contribution in [2.75, 3.05) is 13.7 Å². The van der Waals surface area contributed by atoms with Gasteiger partial charge in [0.15, 0.2) is 0 Å². The zero-order chi connectivity index (χ0) is 17.3. The number of methoxy groups -OCH3 is 1. The summed E-state index contributed by atoms with van der Waals surface area (Å²) in [7, 11) is 1.38. The van der Waals surface area contributed by atoms with Crippen LogP contribution in [-0.4, -0.2) is 19.7 Å². The molecule has 0 amide bonds. The van der Waals surface area contributed by atoms with Crippen LogP contribution in [0.2, 0.25) is 0 Å². The summed E-state index contributed by atoms with van der Waals surface area (Å²) in [6.45, 7) is 10.0. The minimum atomic E-state index is -0.319. The van der Waals surface area contributed by atoms with Crippen molar-refractivity contribution in [1.29, 1.82) is 0 Å². The molecule has 0 aliphatic rings. The first-order chi connectivity index (χ1) is 10.9. The molecule has 0 radical (unpaired) electrons. The van der Waals surface area contributed by atoms with Crippen LogP contribution < -0.4 is 4.74 Å². The van der Waals surface area contributed by atoms with Gasteiger partial charge in [0.05, 0.1) is 19.3 Å². The predicted molar refractivity (Wildman–Crippen MR) is 95.0 cm³/mol. The molecule has 0 aliphatic heterocycles. The summed E-state index contributed by atoms with van der Waals surface area (Å²) in [5, 5.41) is 0. The fourth-order valence-corrected chi connectivity index (χ4v) is 2.78. The van der Waals surface area contributed by atoms with Gasteiger partial charge in [0, 0.05) is 0 Å². The van der Waals surface area contributed by atoms with E-state index in [1.54, 1.807) is 12.1 Å². The van der Waals surface area contributed by atoms with Crippen LogP contribution in [0, 0.1) is 11.3 Å². The number of unbranched alkanes of at least 4 members (excludes halogenated alkanes) is 1. The third-order valence-electron chi connectivity index (χ3n) is 4.49. The van der Waals surface area contributed by atoms with Crippen molar-refractivity contribution in [2.24, 2.45) is 11.3 Å². The Balaban J connectivity index is 2.21. The Morgan fingerprint density at radius 3 is 2.39 bits per heavy atom. The van der Waals surface area contributed by atoms with Crippen LogP contribution in [0.15, 0.2) is 24.3 Å². The summed E-state index contributed by atoms with van der Waals surface area (Å²) in [4.78, 5) is 11.3. The first-order valence-corrected chi connectivity index (χ1v) is 8.69. The van der Waals surface area contributed by atoms with Gasteiger partial charge in [0.1, 0.15) is 5.75 Å². The van der Waals surface area contributed by atoms with Gasteiger partial charge >= 0.3 is 5.97 Å². The van der Waals surface area contributed by atoms with Gasteiger partial charge in [-0.1, -0.05) is 40.5 Å². The van der Waals surface area contributed by atoms with Crippen molar-refractivity contribution < 1.29 is 14.3 Å². The van der Waals surface area contributed by atoms with Crippen molar-refractivity contribution >= 4 is 5.97 Å². The number of benzene rings is 1. The lowest BCUT2D eigenvalue weighted by Gasteiger charge is -2.26. The van der Waals surface area contributed by atoms with Gasteiger partial charge in [-0.25, -0.2) is 4.79 Å². The number of hydrogen-bond acceptors (Lipinski definition) is 3. The van der Waals surface area contributed by atoms with E-state index in [4.69, 9.17) is 4.74 Å². The molecule has 0 spiro atoms. The zero-order valence-electron chi connectivity index (χ0n) is 15.4. The topological polar surface area (TPSA) is 35.5 Å². The van der Waals surface area contributed by atoms with Crippen LogP contribution >= 0.6 is 0 Å². The maximum Gasteiger partial charge on any atom is 0.337 e. The molecule has 0 saturated carbocycles. The standard InChI is InChI=1S/C20H32O3/c1-6-20(3,4)15-16(2)9-7-8-14-23-18-12-10-17(11-13-18)19(21)22-5/h10-13,16H,6-9,14-15H2,1-5H3. The third-order valence-corrected chi connectivity index (χ3v) is 4.49. The molecule has 1 atom stereocenters. The van der Waals surface area contributed by atoms with Crippen molar-refractivity contribution in [3.05, 3.63) is 29.8 Å². The highest BCUT2D eigenvalue weighted by molar-refractivity contribution is 5.89. The highest BCUT2D eigenvalue weighted by Crippen LogP contribution is 2.30. The fraction of sp³-hybridized carbons (Fsp3) is 0.650. The Morgan fingerprint density at radius 1 is 1.17 bits per heavy atom. The van der Waals surface area contributed by atoms with Gasteiger partial charge < -0.3 is 9.47 Å². The van der Waals surface area contributed by atoms with E-state index in [2.05, 4.69) is 32.4 Å².